The van der Waals surface area contributed by atoms with E-state index in [0.717, 1.165) is 36.3 Å². The zero-order valence-electron chi connectivity index (χ0n) is 15.2. The fourth-order valence-corrected chi connectivity index (χ4v) is 4.26. The zero-order chi connectivity index (χ0) is 18.3. The molecule has 1 unspecified atom stereocenters. The van der Waals surface area contributed by atoms with E-state index in [9.17, 15) is 4.79 Å². The molecule has 1 aliphatic rings. The molecule has 1 aromatic carbocycles. The van der Waals surface area contributed by atoms with Gasteiger partial charge < -0.3 is 10.1 Å². The summed E-state index contributed by atoms with van der Waals surface area (Å²) in [5, 5.41) is 8.62. The largest absolute Gasteiger partial charge is 0.487 e. The first-order valence-electron chi connectivity index (χ1n) is 8.89. The molecule has 0 saturated heterocycles. The van der Waals surface area contributed by atoms with Crippen LogP contribution in [0.3, 0.4) is 0 Å². The molecule has 136 valence electrons. The van der Waals surface area contributed by atoms with Gasteiger partial charge in [-0.05, 0) is 26.3 Å². The second-order valence-corrected chi connectivity index (χ2v) is 8.19. The maximum Gasteiger partial charge on any atom is 0.275 e. The van der Waals surface area contributed by atoms with E-state index in [-0.39, 0.29) is 17.2 Å². The smallest absolute Gasteiger partial charge is 0.275 e. The fraction of sp³-hybridized carbons (Fsp3) is 0.421. The summed E-state index contributed by atoms with van der Waals surface area (Å²) in [5.41, 5.74) is 1.53. The summed E-state index contributed by atoms with van der Waals surface area (Å²) in [6.07, 6.45) is 2.57. The summed E-state index contributed by atoms with van der Waals surface area (Å²) in [6.45, 7) is 6.24. The van der Waals surface area contributed by atoms with Gasteiger partial charge in [0.1, 0.15) is 11.4 Å². The third kappa shape index (κ3) is 3.19. The van der Waals surface area contributed by atoms with Crippen LogP contribution in [-0.4, -0.2) is 20.2 Å². The standard InChI is InChI=1S/C19H22N4O2S/c1-4-7-12-10-16(24)23-18(20-12)26-17(22-23)21-14-11-19(2,3)25-15-9-6-5-8-13(14)15/h5-6,8-10,14H,4,7,11H2,1-3H3,(H,21,22). The van der Waals surface area contributed by atoms with E-state index < -0.39 is 0 Å². The predicted octanol–water partition coefficient (Wildman–Crippen LogP) is 3.82. The number of benzene rings is 1. The molecule has 2 aromatic heterocycles. The van der Waals surface area contributed by atoms with Gasteiger partial charge in [-0.2, -0.15) is 4.52 Å². The molecule has 1 N–H and O–H groups in total. The minimum Gasteiger partial charge on any atom is -0.487 e. The Balaban J connectivity index is 1.69. The van der Waals surface area contributed by atoms with Crippen molar-refractivity contribution in [1.29, 1.82) is 0 Å². The third-order valence-corrected chi connectivity index (χ3v) is 5.32. The Hall–Kier alpha value is -2.41. The fourth-order valence-electron chi connectivity index (χ4n) is 3.38. The molecule has 0 amide bonds. The Morgan fingerprint density at radius 2 is 2.19 bits per heavy atom. The summed E-state index contributed by atoms with van der Waals surface area (Å²) in [4.78, 5) is 17.5. The summed E-state index contributed by atoms with van der Waals surface area (Å²) in [7, 11) is 0. The zero-order valence-corrected chi connectivity index (χ0v) is 16.0. The number of hydrogen-bond acceptors (Lipinski definition) is 6. The van der Waals surface area contributed by atoms with Gasteiger partial charge in [0.15, 0.2) is 0 Å². The van der Waals surface area contributed by atoms with Gasteiger partial charge in [-0.25, -0.2) is 4.98 Å². The van der Waals surface area contributed by atoms with E-state index in [1.165, 1.54) is 15.9 Å². The van der Waals surface area contributed by atoms with Gasteiger partial charge in [0.2, 0.25) is 10.1 Å². The molecule has 6 nitrogen and oxygen atoms in total. The van der Waals surface area contributed by atoms with Gasteiger partial charge in [0, 0.05) is 23.7 Å². The highest BCUT2D eigenvalue weighted by molar-refractivity contribution is 7.20. The molecular formula is C19H22N4O2S. The van der Waals surface area contributed by atoms with Crippen molar-refractivity contribution in [3.63, 3.8) is 0 Å². The lowest BCUT2D eigenvalue weighted by atomic mass is 9.90. The van der Waals surface area contributed by atoms with E-state index in [2.05, 4.69) is 42.2 Å². The van der Waals surface area contributed by atoms with Crippen LogP contribution in [0.15, 0.2) is 35.1 Å². The van der Waals surface area contributed by atoms with Crippen molar-refractivity contribution >= 4 is 21.4 Å². The van der Waals surface area contributed by atoms with Crippen LogP contribution in [0.4, 0.5) is 5.13 Å². The van der Waals surface area contributed by atoms with E-state index >= 15 is 0 Å². The number of fused-ring (bicyclic) bond motifs is 2. The maximum atomic E-state index is 12.3. The van der Waals surface area contributed by atoms with Gasteiger partial charge in [-0.1, -0.05) is 42.9 Å². The topological polar surface area (TPSA) is 68.5 Å². The second-order valence-electron chi connectivity index (χ2n) is 7.24. The van der Waals surface area contributed by atoms with Crippen LogP contribution in [-0.2, 0) is 6.42 Å². The summed E-state index contributed by atoms with van der Waals surface area (Å²) < 4.78 is 7.46. The molecule has 26 heavy (non-hydrogen) atoms. The highest BCUT2D eigenvalue weighted by Gasteiger charge is 2.34. The normalized spacial score (nSPS) is 18.3. The summed E-state index contributed by atoms with van der Waals surface area (Å²) in [5.74, 6) is 0.892. The summed E-state index contributed by atoms with van der Waals surface area (Å²) in [6, 6.07) is 9.70. The molecule has 7 heteroatoms. The molecule has 3 heterocycles. The van der Waals surface area contributed by atoms with Gasteiger partial charge in [-0.3, -0.25) is 4.79 Å². The number of aryl methyl sites for hydroxylation is 1. The molecule has 3 aromatic rings. The van der Waals surface area contributed by atoms with Gasteiger partial charge in [0.25, 0.3) is 5.56 Å². The van der Waals surface area contributed by atoms with Crippen molar-refractivity contribution in [3.8, 4) is 5.75 Å². The maximum absolute atomic E-state index is 12.3. The van der Waals surface area contributed by atoms with E-state index in [1.807, 2.05) is 18.2 Å². The van der Waals surface area contributed by atoms with E-state index in [4.69, 9.17) is 4.74 Å². The molecule has 1 atom stereocenters. The Morgan fingerprint density at radius 3 is 3.00 bits per heavy atom. The quantitative estimate of drug-likeness (QED) is 0.756. The number of nitrogens with one attached hydrogen (secondary N) is 1. The van der Waals surface area contributed by atoms with Gasteiger partial charge in [0.05, 0.1) is 6.04 Å². The van der Waals surface area contributed by atoms with Gasteiger partial charge >= 0.3 is 0 Å². The number of nitrogens with zero attached hydrogens (tertiary/aromatic N) is 3. The lowest BCUT2D eigenvalue weighted by Crippen LogP contribution is -2.37. The van der Waals surface area contributed by atoms with Crippen molar-refractivity contribution in [1.82, 2.24) is 14.6 Å². The molecule has 4 rings (SSSR count). The SMILES string of the molecule is CCCc1cc(=O)n2nc(NC3CC(C)(C)Oc4ccccc43)sc2n1. The van der Waals surface area contributed by atoms with Crippen LogP contribution in [0, 0.1) is 0 Å². The van der Waals surface area contributed by atoms with Crippen LogP contribution in [0.1, 0.15) is 50.9 Å². The molecule has 0 spiro atoms. The Kier molecular flexibility index (Phi) is 4.19. The number of aromatic nitrogens is 3. The third-order valence-electron chi connectivity index (χ3n) is 4.48. The number of rotatable bonds is 4. The Labute approximate surface area is 155 Å². The number of hydrogen-bond donors (Lipinski definition) is 1. The Morgan fingerprint density at radius 1 is 1.38 bits per heavy atom. The van der Waals surface area contributed by atoms with Crippen LogP contribution in [0.5, 0.6) is 5.75 Å². The highest BCUT2D eigenvalue weighted by Crippen LogP contribution is 2.41. The first-order chi connectivity index (χ1) is 12.4. The predicted molar refractivity (Wildman–Crippen MR) is 103 cm³/mol. The number of para-hydroxylation sites is 1. The molecule has 0 radical (unpaired) electrons. The first kappa shape index (κ1) is 17.0. The Bertz CT molecular complexity index is 1010. The molecule has 0 saturated carbocycles. The van der Waals surface area contributed by atoms with Crippen LogP contribution in [0.25, 0.3) is 4.96 Å². The van der Waals surface area contributed by atoms with Crippen LogP contribution < -0.4 is 15.6 Å². The van der Waals surface area contributed by atoms with Crippen molar-refractivity contribution in [2.75, 3.05) is 5.32 Å². The highest BCUT2D eigenvalue weighted by atomic mass is 32.1. The minimum atomic E-state index is -0.272. The molecule has 1 aliphatic heterocycles. The van der Waals surface area contributed by atoms with E-state index in [0.29, 0.717) is 10.1 Å². The summed E-state index contributed by atoms with van der Waals surface area (Å²) >= 11 is 1.41. The second kappa shape index (κ2) is 6.39. The van der Waals surface area contributed by atoms with Crippen molar-refractivity contribution < 1.29 is 4.74 Å². The van der Waals surface area contributed by atoms with E-state index in [1.54, 1.807) is 6.07 Å². The first-order valence-corrected chi connectivity index (χ1v) is 9.71. The number of anilines is 1. The van der Waals surface area contributed by atoms with Crippen molar-refractivity contribution in [2.45, 2.75) is 51.7 Å². The van der Waals surface area contributed by atoms with Crippen molar-refractivity contribution in [3.05, 3.63) is 51.9 Å². The van der Waals surface area contributed by atoms with Gasteiger partial charge in [-0.15, -0.1) is 5.10 Å². The molecule has 0 aliphatic carbocycles. The van der Waals surface area contributed by atoms with Crippen LogP contribution >= 0.6 is 11.3 Å². The average molecular weight is 370 g/mol. The molecule has 0 fully saturated rings. The lowest BCUT2D eigenvalue weighted by Gasteiger charge is -2.37. The molecule has 0 bridgehead atoms. The minimum absolute atomic E-state index is 0.0707. The van der Waals surface area contributed by atoms with Crippen LogP contribution in [0.2, 0.25) is 0 Å². The molecular weight excluding hydrogens is 348 g/mol. The average Bonchev–Trinajstić information content (AvgIpc) is 2.97. The number of ether oxygens (including phenoxy) is 1. The lowest BCUT2D eigenvalue weighted by molar-refractivity contribution is 0.0759. The monoisotopic (exact) mass is 370 g/mol. The van der Waals surface area contributed by atoms with Crippen molar-refractivity contribution in [2.24, 2.45) is 0 Å².